The molecule has 23 heavy (non-hydrogen) atoms. The second kappa shape index (κ2) is 7.10. The van der Waals surface area contributed by atoms with Crippen molar-refractivity contribution in [3.8, 4) is 11.4 Å². The Morgan fingerprint density at radius 1 is 1.43 bits per heavy atom. The molecule has 1 aromatic carbocycles. The smallest absolute Gasteiger partial charge is 0.248 e. The van der Waals surface area contributed by atoms with Gasteiger partial charge in [-0.05, 0) is 37.1 Å². The number of halogens is 1. The lowest BCUT2D eigenvalue weighted by atomic mass is 9.98. The van der Waals surface area contributed by atoms with Gasteiger partial charge >= 0.3 is 0 Å². The van der Waals surface area contributed by atoms with Crippen LogP contribution in [-0.2, 0) is 9.53 Å². The molecule has 1 aliphatic rings. The van der Waals surface area contributed by atoms with Gasteiger partial charge in [0.05, 0.1) is 5.92 Å². The molecule has 1 saturated heterocycles. The van der Waals surface area contributed by atoms with Crippen LogP contribution in [0.3, 0.4) is 0 Å². The number of rotatable bonds is 4. The maximum Gasteiger partial charge on any atom is 0.248 e. The quantitative estimate of drug-likeness (QED) is 0.859. The summed E-state index contributed by atoms with van der Waals surface area (Å²) in [5.74, 6) is 1.18. The summed E-state index contributed by atoms with van der Waals surface area (Å²) < 4.78 is 10.3. The summed E-state index contributed by atoms with van der Waals surface area (Å²) in [6.07, 6.45) is 1.85. The Hall–Kier alpha value is -1.92. The van der Waals surface area contributed by atoms with Gasteiger partial charge < -0.3 is 14.2 Å². The van der Waals surface area contributed by atoms with Crippen LogP contribution < -0.4 is 0 Å². The zero-order valence-electron chi connectivity index (χ0n) is 12.9. The Bertz CT molecular complexity index is 671. The summed E-state index contributed by atoms with van der Waals surface area (Å²) in [5.41, 5.74) is 0.854. The predicted octanol–water partition coefficient (Wildman–Crippen LogP) is 2.74. The van der Waals surface area contributed by atoms with Crippen molar-refractivity contribution in [1.29, 1.82) is 0 Å². The molecule has 0 aliphatic carbocycles. The minimum absolute atomic E-state index is 0.00496. The van der Waals surface area contributed by atoms with E-state index < -0.39 is 0 Å². The highest BCUT2D eigenvalue weighted by Gasteiger charge is 2.28. The first kappa shape index (κ1) is 16.0. The van der Waals surface area contributed by atoms with Gasteiger partial charge in [-0.25, -0.2) is 0 Å². The van der Waals surface area contributed by atoms with Crippen LogP contribution in [0.4, 0.5) is 0 Å². The zero-order chi connectivity index (χ0) is 16.2. The molecule has 0 radical (unpaired) electrons. The summed E-state index contributed by atoms with van der Waals surface area (Å²) in [6.45, 7) is 1.44. The number of nitrogens with zero attached hydrogens (tertiary/aromatic N) is 3. The second-order valence-electron chi connectivity index (χ2n) is 5.58. The largest absolute Gasteiger partial charge is 0.375 e. The van der Waals surface area contributed by atoms with Crippen molar-refractivity contribution in [3.63, 3.8) is 0 Å². The average molecular weight is 336 g/mol. The number of likely N-dealkylation sites (tertiary alicyclic amines) is 1. The molecule has 0 N–H and O–H groups in total. The first-order valence-corrected chi connectivity index (χ1v) is 7.91. The van der Waals surface area contributed by atoms with Crippen LogP contribution in [0.15, 0.2) is 28.8 Å². The third-order valence-corrected chi connectivity index (χ3v) is 4.19. The first-order chi connectivity index (χ1) is 11.2. The van der Waals surface area contributed by atoms with Gasteiger partial charge in [-0.15, -0.1) is 0 Å². The topological polar surface area (TPSA) is 68.5 Å². The van der Waals surface area contributed by atoms with Crippen molar-refractivity contribution in [3.05, 3.63) is 35.2 Å². The number of piperidine rings is 1. The maximum absolute atomic E-state index is 12.0. The molecule has 1 aliphatic heterocycles. The number of benzene rings is 1. The normalized spacial score (nSPS) is 18.2. The third-order valence-electron chi connectivity index (χ3n) is 3.94. The summed E-state index contributed by atoms with van der Waals surface area (Å²) in [5, 5.41) is 4.70. The van der Waals surface area contributed by atoms with E-state index in [1.165, 1.54) is 7.11 Å². The van der Waals surface area contributed by atoms with E-state index in [9.17, 15) is 4.79 Å². The van der Waals surface area contributed by atoms with E-state index in [-0.39, 0.29) is 18.4 Å². The first-order valence-electron chi connectivity index (χ1n) is 7.53. The van der Waals surface area contributed by atoms with Gasteiger partial charge in [-0.1, -0.05) is 16.8 Å². The van der Waals surface area contributed by atoms with Crippen molar-refractivity contribution < 1.29 is 14.1 Å². The molecule has 1 aromatic heterocycles. The zero-order valence-corrected chi connectivity index (χ0v) is 13.6. The van der Waals surface area contributed by atoms with E-state index in [0.29, 0.717) is 23.3 Å². The predicted molar refractivity (Wildman–Crippen MR) is 85.2 cm³/mol. The van der Waals surface area contributed by atoms with Crippen molar-refractivity contribution in [1.82, 2.24) is 15.0 Å². The van der Waals surface area contributed by atoms with E-state index in [0.717, 1.165) is 24.9 Å². The number of hydrogen-bond donors (Lipinski definition) is 0. The van der Waals surface area contributed by atoms with Gasteiger partial charge in [-0.2, -0.15) is 4.98 Å². The molecule has 7 heteroatoms. The van der Waals surface area contributed by atoms with Gasteiger partial charge in [0.15, 0.2) is 0 Å². The number of carbonyl (C=O) groups is 1. The van der Waals surface area contributed by atoms with Crippen molar-refractivity contribution in [2.45, 2.75) is 18.8 Å². The van der Waals surface area contributed by atoms with E-state index in [4.69, 9.17) is 20.9 Å². The fourth-order valence-electron chi connectivity index (χ4n) is 2.74. The molecule has 0 spiro atoms. The SMILES string of the molecule is COCC(=O)N1CCC[C@@H](c2nc(-c3ccc(Cl)cc3)no2)C1. The van der Waals surface area contributed by atoms with Crippen LogP contribution in [0.2, 0.25) is 5.02 Å². The molecule has 1 fully saturated rings. The lowest BCUT2D eigenvalue weighted by Crippen LogP contribution is -2.40. The van der Waals surface area contributed by atoms with Gasteiger partial charge in [0.1, 0.15) is 6.61 Å². The highest BCUT2D eigenvalue weighted by atomic mass is 35.5. The molecular weight excluding hydrogens is 318 g/mol. The molecule has 2 heterocycles. The molecular formula is C16H18ClN3O3. The van der Waals surface area contributed by atoms with Crippen molar-refractivity contribution in [2.75, 3.05) is 26.8 Å². The molecule has 1 amide bonds. The second-order valence-corrected chi connectivity index (χ2v) is 6.01. The summed E-state index contributed by atoms with van der Waals surface area (Å²) >= 11 is 5.89. The Morgan fingerprint density at radius 2 is 2.22 bits per heavy atom. The fraction of sp³-hybridized carbons (Fsp3) is 0.438. The highest BCUT2D eigenvalue weighted by molar-refractivity contribution is 6.30. The van der Waals surface area contributed by atoms with Gasteiger partial charge in [0.25, 0.3) is 0 Å². The number of ether oxygens (including phenoxy) is 1. The molecule has 3 rings (SSSR count). The molecule has 0 saturated carbocycles. The van der Waals surface area contributed by atoms with E-state index in [1.54, 1.807) is 17.0 Å². The Morgan fingerprint density at radius 3 is 2.96 bits per heavy atom. The molecule has 2 aromatic rings. The Balaban J connectivity index is 1.72. The van der Waals surface area contributed by atoms with E-state index in [2.05, 4.69) is 10.1 Å². The Labute approximate surface area is 139 Å². The van der Waals surface area contributed by atoms with Crippen LogP contribution in [0.25, 0.3) is 11.4 Å². The van der Waals surface area contributed by atoms with Gasteiger partial charge in [0, 0.05) is 30.8 Å². The number of hydrogen-bond acceptors (Lipinski definition) is 5. The fourth-order valence-corrected chi connectivity index (χ4v) is 2.86. The third kappa shape index (κ3) is 3.71. The molecule has 0 unspecified atom stereocenters. The van der Waals surface area contributed by atoms with Crippen LogP contribution in [-0.4, -0.2) is 47.8 Å². The van der Waals surface area contributed by atoms with Gasteiger partial charge in [-0.3, -0.25) is 4.79 Å². The number of methoxy groups -OCH3 is 1. The average Bonchev–Trinajstić information content (AvgIpc) is 3.06. The highest BCUT2D eigenvalue weighted by Crippen LogP contribution is 2.28. The van der Waals surface area contributed by atoms with E-state index in [1.807, 2.05) is 12.1 Å². The van der Waals surface area contributed by atoms with Crippen molar-refractivity contribution in [2.24, 2.45) is 0 Å². The number of aromatic nitrogens is 2. The lowest BCUT2D eigenvalue weighted by Gasteiger charge is -2.30. The molecule has 1 atom stereocenters. The van der Waals surface area contributed by atoms with Crippen molar-refractivity contribution >= 4 is 17.5 Å². The minimum atomic E-state index is -0.00496. The standard InChI is InChI=1S/C16H18ClN3O3/c1-22-10-14(21)20-8-2-3-12(9-20)16-18-15(19-23-16)11-4-6-13(17)7-5-11/h4-7,12H,2-3,8-10H2,1H3/t12-/m1/s1. The Kier molecular flexibility index (Phi) is 4.93. The number of amides is 1. The maximum atomic E-state index is 12.0. The summed E-state index contributed by atoms with van der Waals surface area (Å²) in [4.78, 5) is 18.2. The van der Waals surface area contributed by atoms with Gasteiger partial charge in [0.2, 0.25) is 17.6 Å². The monoisotopic (exact) mass is 335 g/mol. The summed E-state index contributed by atoms with van der Waals surface area (Å²) in [6, 6.07) is 7.29. The van der Waals surface area contributed by atoms with Crippen LogP contribution in [0.5, 0.6) is 0 Å². The molecule has 6 nitrogen and oxygen atoms in total. The summed E-state index contributed by atoms with van der Waals surface area (Å²) in [7, 11) is 1.52. The van der Waals surface area contributed by atoms with Crippen LogP contribution in [0.1, 0.15) is 24.7 Å². The van der Waals surface area contributed by atoms with Crippen LogP contribution in [0, 0.1) is 0 Å². The molecule has 122 valence electrons. The lowest BCUT2D eigenvalue weighted by molar-refractivity contribution is -0.136. The van der Waals surface area contributed by atoms with E-state index >= 15 is 0 Å². The molecule has 0 bridgehead atoms. The number of carbonyl (C=O) groups excluding carboxylic acids is 1. The van der Waals surface area contributed by atoms with Crippen LogP contribution >= 0.6 is 11.6 Å². The minimum Gasteiger partial charge on any atom is -0.375 e.